The van der Waals surface area contributed by atoms with E-state index in [-0.39, 0.29) is 12.4 Å². The van der Waals surface area contributed by atoms with Crippen LogP contribution in [0.1, 0.15) is 5.56 Å². The molecule has 0 saturated carbocycles. The molecule has 0 aromatic heterocycles. The van der Waals surface area contributed by atoms with Crippen molar-refractivity contribution in [3.05, 3.63) is 48.0 Å². The number of benzene rings is 2. The molecule has 0 unspecified atom stereocenters. The first-order chi connectivity index (χ1) is 11.7. The van der Waals surface area contributed by atoms with Gasteiger partial charge in [-0.25, -0.2) is 5.43 Å². The van der Waals surface area contributed by atoms with E-state index in [1.54, 1.807) is 30.3 Å². The van der Waals surface area contributed by atoms with Gasteiger partial charge in [-0.1, -0.05) is 12.1 Å². The fraction of sp³-hybridized carbons (Fsp3) is 0.176. The van der Waals surface area contributed by atoms with E-state index in [2.05, 4.69) is 10.5 Å². The van der Waals surface area contributed by atoms with Gasteiger partial charge in [-0.15, -0.1) is 0 Å². The van der Waals surface area contributed by atoms with Crippen molar-refractivity contribution in [2.45, 2.75) is 6.10 Å². The molecule has 1 aliphatic rings. The molecule has 3 rings (SSSR count). The summed E-state index contributed by atoms with van der Waals surface area (Å²) in [5.74, 6) is 1.21. The quantitative estimate of drug-likeness (QED) is 0.658. The van der Waals surface area contributed by atoms with Crippen LogP contribution >= 0.6 is 0 Å². The minimum absolute atomic E-state index is 0.00136. The molecule has 124 valence electrons. The van der Waals surface area contributed by atoms with Crippen molar-refractivity contribution >= 4 is 12.1 Å². The van der Waals surface area contributed by atoms with Crippen molar-refractivity contribution in [3.8, 4) is 23.0 Å². The summed E-state index contributed by atoms with van der Waals surface area (Å²) in [5.41, 5.74) is 2.82. The highest BCUT2D eigenvalue weighted by atomic mass is 16.6. The summed E-state index contributed by atoms with van der Waals surface area (Å²) >= 11 is 0. The van der Waals surface area contributed by atoms with Gasteiger partial charge in [0.05, 0.1) is 13.3 Å². The molecule has 1 atom stereocenters. The first-order valence-electron chi connectivity index (χ1n) is 7.26. The lowest BCUT2D eigenvalue weighted by atomic mass is 10.2. The van der Waals surface area contributed by atoms with Crippen LogP contribution in [-0.2, 0) is 4.79 Å². The fourth-order valence-electron chi connectivity index (χ4n) is 2.15. The Hall–Kier alpha value is -3.22. The Bertz CT molecular complexity index is 775. The van der Waals surface area contributed by atoms with Crippen molar-refractivity contribution in [2.75, 3.05) is 13.7 Å². The number of methoxy groups -OCH3 is 1. The van der Waals surface area contributed by atoms with E-state index in [1.807, 2.05) is 6.07 Å². The van der Waals surface area contributed by atoms with Gasteiger partial charge >= 0.3 is 0 Å². The van der Waals surface area contributed by atoms with Crippen LogP contribution in [0.4, 0.5) is 0 Å². The van der Waals surface area contributed by atoms with Crippen molar-refractivity contribution in [3.63, 3.8) is 0 Å². The maximum absolute atomic E-state index is 12.1. The number of hydrazone groups is 1. The van der Waals surface area contributed by atoms with Gasteiger partial charge in [0.1, 0.15) is 18.1 Å². The number of rotatable bonds is 4. The number of amides is 1. The number of carbonyl (C=O) groups is 1. The first kappa shape index (κ1) is 15.7. The normalized spacial score (nSPS) is 16.0. The van der Waals surface area contributed by atoms with Crippen molar-refractivity contribution in [1.29, 1.82) is 0 Å². The lowest BCUT2D eigenvalue weighted by Gasteiger charge is -2.24. The molecule has 1 aliphatic heterocycles. The molecule has 1 heterocycles. The lowest BCUT2D eigenvalue weighted by Crippen LogP contribution is -2.42. The van der Waals surface area contributed by atoms with Crippen molar-refractivity contribution in [2.24, 2.45) is 5.10 Å². The minimum Gasteiger partial charge on any atom is -0.507 e. The van der Waals surface area contributed by atoms with Crippen LogP contribution in [0.2, 0.25) is 0 Å². The average Bonchev–Trinajstić information content (AvgIpc) is 2.62. The van der Waals surface area contributed by atoms with Crippen LogP contribution in [0.3, 0.4) is 0 Å². The summed E-state index contributed by atoms with van der Waals surface area (Å²) in [6.07, 6.45) is 0.547. The van der Waals surface area contributed by atoms with Gasteiger partial charge in [0.15, 0.2) is 11.5 Å². The molecule has 7 nitrogen and oxygen atoms in total. The summed E-state index contributed by atoms with van der Waals surface area (Å²) in [7, 11) is 1.51. The van der Waals surface area contributed by atoms with Crippen molar-refractivity contribution in [1.82, 2.24) is 5.43 Å². The molecule has 7 heteroatoms. The maximum atomic E-state index is 12.1. The number of phenolic OH excluding ortho intramolecular Hbond substituents is 1. The van der Waals surface area contributed by atoms with E-state index < -0.39 is 12.0 Å². The molecule has 0 bridgehead atoms. The second-order valence-corrected chi connectivity index (χ2v) is 5.02. The molecular formula is C17H16N2O5. The van der Waals surface area contributed by atoms with E-state index >= 15 is 0 Å². The Morgan fingerprint density at radius 1 is 1.33 bits per heavy atom. The van der Waals surface area contributed by atoms with Gasteiger partial charge in [0.25, 0.3) is 5.91 Å². The van der Waals surface area contributed by atoms with Crippen LogP contribution in [0.25, 0.3) is 0 Å². The minimum atomic E-state index is -0.790. The Labute approximate surface area is 138 Å². The highest BCUT2D eigenvalue weighted by molar-refractivity contribution is 5.86. The largest absolute Gasteiger partial charge is 0.507 e. The van der Waals surface area contributed by atoms with E-state index in [1.165, 1.54) is 19.4 Å². The van der Waals surface area contributed by atoms with E-state index in [0.29, 0.717) is 22.8 Å². The number of hydrogen-bond donors (Lipinski definition) is 2. The summed E-state index contributed by atoms with van der Waals surface area (Å²) in [4.78, 5) is 12.1. The summed E-state index contributed by atoms with van der Waals surface area (Å²) in [5, 5.41) is 13.6. The Balaban J connectivity index is 1.60. The third kappa shape index (κ3) is 3.40. The Morgan fingerprint density at radius 3 is 2.88 bits per heavy atom. The van der Waals surface area contributed by atoms with E-state index in [0.717, 1.165) is 0 Å². The predicted octanol–water partition coefficient (Wildman–Crippen LogP) is 1.69. The number of carbonyl (C=O) groups excluding carboxylic acids is 1. The zero-order valence-electron chi connectivity index (χ0n) is 12.9. The molecule has 24 heavy (non-hydrogen) atoms. The van der Waals surface area contributed by atoms with Gasteiger partial charge in [0, 0.05) is 11.6 Å². The molecule has 0 saturated heterocycles. The number of hydrogen-bond acceptors (Lipinski definition) is 6. The summed E-state index contributed by atoms with van der Waals surface area (Å²) in [6, 6.07) is 11.9. The number of ether oxygens (including phenoxy) is 3. The van der Waals surface area contributed by atoms with Crippen LogP contribution in [0.5, 0.6) is 23.0 Å². The van der Waals surface area contributed by atoms with Crippen LogP contribution in [-0.4, -0.2) is 37.0 Å². The lowest BCUT2D eigenvalue weighted by molar-refractivity contribution is -0.130. The van der Waals surface area contributed by atoms with Crippen LogP contribution in [0, 0.1) is 0 Å². The van der Waals surface area contributed by atoms with Gasteiger partial charge in [-0.2, -0.15) is 5.10 Å². The zero-order chi connectivity index (χ0) is 16.9. The zero-order valence-corrected chi connectivity index (χ0v) is 12.9. The average molecular weight is 328 g/mol. The number of para-hydroxylation sites is 2. The monoisotopic (exact) mass is 328 g/mol. The number of aromatic hydroxyl groups is 1. The molecular weight excluding hydrogens is 312 g/mol. The van der Waals surface area contributed by atoms with Gasteiger partial charge in [-0.05, 0) is 24.3 Å². The van der Waals surface area contributed by atoms with Gasteiger partial charge in [-0.3, -0.25) is 4.79 Å². The molecule has 0 radical (unpaired) electrons. The molecule has 2 aromatic carbocycles. The number of fused-ring (bicyclic) bond motifs is 1. The number of nitrogens with zero attached hydrogens (tertiary/aromatic N) is 1. The molecule has 0 aliphatic carbocycles. The molecule has 0 fully saturated rings. The molecule has 2 N–H and O–H groups in total. The molecule has 1 amide bonds. The summed E-state index contributed by atoms with van der Waals surface area (Å²) in [6.45, 7) is 0.103. The Morgan fingerprint density at radius 2 is 2.12 bits per heavy atom. The number of phenols is 1. The van der Waals surface area contributed by atoms with E-state index in [4.69, 9.17) is 14.2 Å². The first-order valence-corrected chi connectivity index (χ1v) is 7.26. The second kappa shape index (κ2) is 6.91. The molecule has 2 aromatic rings. The summed E-state index contributed by atoms with van der Waals surface area (Å²) < 4.78 is 16.0. The number of nitrogens with one attached hydrogen (secondary N) is 1. The highest BCUT2D eigenvalue weighted by Crippen LogP contribution is 2.30. The maximum Gasteiger partial charge on any atom is 0.284 e. The Kier molecular flexibility index (Phi) is 4.51. The highest BCUT2D eigenvalue weighted by Gasteiger charge is 2.26. The van der Waals surface area contributed by atoms with Gasteiger partial charge in [0.2, 0.25) is 6.10 Å². The van der Waals surface area contributed by atoms with Crippen LogP contribution < -0.4 is 19.6 Å². The van der Waals surface area contributed by atoms with Crippen molar-refractivity contribution < 1.29 is 24.1 Å². The third-order valence-electron chi connectivity index (χ3n) is 3.42. The standard InChI is InChI=1S/C17H16N2O5/c1-22-12-7-6-11(13(20)8-12)9-18-19-17(21)16-10-23-14-4-2-3-5-15(14)24-16/h2-9,16,20H,10H2,1H3,(H,19,21)/b18-9+/t16-/m0/s1. The second-order valence-electron chi connectivity index (χ2n) is 5.02. The van der Waals surface area contributed by atoms with Crippen LogP contribution in [0.15, 0.2) is 47.6 Å². The fourth-order valence-corrected chi connectivity index (χ4v) is 2.15. The SMILES string of the molecule is COc1ccc(/C=N/NC(=O)[C@@H]2COc3ccccc3O2)c(O)c1. The third-order valence-corrected chi connectivity index (χ3v) is 3.42. The predicted molar refractivity (Wildman–Crippen MR) is 86.7 cm³/mol. The molecule has 0 spiro atoms. The van der Waals surface area contributed by atoms with E-state index in [9.17, 15) is 9.90 Å². The smallest absolute Gasteiger partial charge is 0.284 e. The topological polar surface area (TPSA) is 89.4 Å². The van der Waals surface area contributed by atoms with Gasteiger partial charge < -0.3 is 19.3 Å².